The molecule has 0 bridgehead atoms. The van der Waals surface area contributed by atoms with E-state index in [0.29, 0.717) is 0 Å². The van der Waals surface area contributed by atoms with Crippen LogP contribution in [-0.2, 0) is 0 Å². The van der Waals surface area contributed by atoms with Gasteiger partial charge in [-0.05, 0) is 12.1 Å². The van der Waals surface area contributed by atoms with E-state index in [4.69, 9.17) is 0 Å². The molecule has 4 nitrogen and oxygen atoms in total. The highest BCUT2D eigenvalue weighted by molar-refractivity contribution is 7.25. The molecular weight excluding hydrogens is 232 g/mol. The maximum atomic E-state index is 4.58. The second-order valence-corrected chi connectivity index (χ2v) is 4.77. The van der Waals surface area contributed by atoms with E-state index in [-0.39, 0.29) is 0 Å². The first kappa shape index (κ1) is 8.95. The van der Waals surface area contributed by atoms with E-state index >= 15 is 0 Å². The van der Waals surface area contributed by atoms with Gasteiger partial charge in [-0.25, -0.2) is 15.0 Å². The number of rotatable bonds is 0. The molecule has 0 aliphatic carbocycles. The number of fused-ring (bicyclic) bond motifs is 4. The van der Waals surface area contributed by atoms with Crippen LogP contribution in [0.15, 0.2) is 37.1 Å². The highest BCUT2D eigenvalue weighted by Crippen LogP contribution is 2.32. The van der Waals surface area contributed by atoms with E-state index in [2.05, 4.69) is 26.0 Å². The molecule has 0 unspecified atom stereocenters. The van der Waals surface area contributed by atoms with Crippen LogP contribution in [0, 0.1) is 0 Å². The first-order valence-electron chi connectivity index (χ1n) is 5.15. The van der Waals surface area contributed by atoms with Gasteiger partial charge in [0.15, 0.2) is 0 Å². The molecule has 0 aromatic carbocycles. The summed E-state index contributed by atoms with van der Waals surface area (Å²) in [6, 6.07) is 4.07. The van der Waals surface area contributed by atoms with Gasteiger partial charge in [-0.3, -0.25) is 4.98 Å². The van der Waals surface area contributed by atoms with Crippen LogP contribution >= 0.6 is 11.3 Å². The molecule has 0 amide bonds. The third-order valence-electron chi connectivity index (χ3n) is 2.73. The van der Waals surface area contributed by atoms with E-state index in [1.165, 1.54) is 4.70 Å². The fourth-order valence-electron chi connectivity index (χ4n) is 1.95. The van der Waals surface area contributed by atoms with Crippen molar-refractivity contribution in [3.63, 3.8) is 0 Å². The highest BCUT2D eigenvalue weighted by atomic mass is 32.1. The average molecular weight is 238 g/mol. The van der Waals surface area contributed by atoms with Gasteiger partial charge in [-0.1, -0.05) is 0 Å². The lowest BCUT2D eigenvalue weighted by molar-refractivity contribution is 1.21. The highest BCUT2D eigenvalue weighted by Gasteiger charge is 2.07. The van der Waals surface area contributed by atoms with Gasteiger partial charge in [0.1, 0.15) is 16.7 Å². The maximum absolute atomic E-state index is 4.58. The third-order valence-corrected chi connectivity index (χ3v) is 3.81. The van der Waals surface area contributed by atoms with E-state index in [9.17, 15) is 0 Å². The average Bonchev–Trinajstić information content (AvgIpc) is 2.73. The van der Waals surface area contributed by atoms with Crippen LogP contribution in [0.1, 0.15) is 0 Å². The molecule has 80 valence electrons. The van der Waals surface area contributed by atoms with E-state index in [1.54, 1.807) is 30.1 Å². The summed E-state index contributed by atoms with van der Waals surface area (Å²) in [5, 5.41) is 2.25. The predicted octanol–water partition coefficient (Wildman–Crippen LogP) is 2.79. The normalized spacial score (nSPS) is 11.5. The maximum Gasteiger partial charge on any atom is 0.125 e. The van der Waals surface area contributed by atoms with Gasteiger partial charge in [0.25, 0.3) is 0 Å². The molecule has 17 heavy (non-hydrogen) atoms. The third kappa shape index (κ3) is 1.23. The minimum atomic E-state index is 0.833. The monoisotopic (exact) mass is 238 g/mol. The van der Waals surface area contributed by atoms with Crippen LogP contribution in [0.4, 0.5) is 0 Å². The Morgan fingerprint density at radius 1 is 1.00 bits per heavy atom. The Kier molecular flexibility index (Phi) is 1.67. The van der Waals surface area contributed by atoms with Gasteiger partial charge in [-0.2, -0.15) is 0 Å². The van der Waals surface area contributed by atoms with Crippen LogP contribution in [0.3, 0.4) is 0 Å². The molecular formula is C12H6N4S. The number of nitrogens with zero attached hydrogens (tertiary/aromatic N) is 4. The van der Waals surface area contributed by atoms with Crippen LogP contribution < -0.4 is 0 Å². The molecule has 0 atom stereocenters. The second-order valence-electron chi connectivity index (χ2n) is 3.74. The van der Waals surface area contributed by atoms with Crippen molar-refractivity contribution < 1.29 is 0 Å². The van der Waals surface area contributed by atoms with Crippen LogP contribution in [0.2, 0.25) is 0 Å². The zero-order valence-electron chi connectivity index (χ0n) is 8.66. The van der Waals surface area contributed by atoms with Crippen molar-refractivity contribution in [1.82, 2.24) is 19.9 Å². The molecule has 4 aromatic rings. The van der Waals surface area contributed by atoms with Crippen LogP contribution in [-0.4, -0.2) is 19.9 Å². The summed E-state index contributed by atoms with van der Waals surface area (Å²) in [7, 11) is 0. The van der Waals surface area contributed by atoms with Crippen molar-refractivity contribution >= 4 is 42.7 Å². The molecule has 0 fully saturated rings. The summed E-state index contributed by atoms with van der Waals surface area (Å²) in [5.74, 6) is 0. The molecule has 0 N–H and O–H groups in total. The molecule has 4 rings (SSSR count). The summed E-state index contributed by atoms with van der Waals surface area (Å²) in [6.45, 7) is 0. The minimum absolute atomic E-state index is 0.833. The molecule has 0 aliphatic rings. The summed E-state index contributed by atoms with van der Waals surface area (Å²) in [5.41, 5.74) is 1.70. The molecule has 4 heterocycles. The largest absolute Gasteiger partial charge is 0.264 e. The summed E-state index contributed by atoms with van der Waals surface area (Å²) in [6.07, 6.45) is 6.97. The molecule has 4 aromatic heterocycles. The molecule has 0 saturated carbocycles. The quantitative estimate of drug-likeness (QED) is 0.472. The predicted molar refractivity (Wildman–Crippen MR) is 68.0 cm³/mol. The van der Waals surface area contributed by atoms with Crippen molar-refractivity contribution in [2.45, 2.75) is 0 Å². The Balaban J connectivity index is 2.28. The Bertz CT molecular complexity index is 847. The van der Waals surface area contributed by atoms with Gasteiger partial charge in [-0.15, -0.1) is 11.3 Å². The summed E-state index contributed by atoms with van der Waals surface area (Å²) in [4.78, 5) is 18.0. The molecule has 5 heteroatoms. The topological polar surface area (TPSA) is 51.6 Å². The van der Waals surface area contributed by atoms with Gasteiger partial charge < -0.3 is 0 Å². The molecule has 0 spiro atoms. The number of hydrogen-bond acceptors (Lipinski definition) is 5. The second kappa shape index (κ2) is 3.18. The van der Waals surface area contributed by atoms with E-state index < -0.39 is 0 Å². The summed E-state index contributed by atoms with van der Waals surface area (Å²) >= 11 is 1.67. The zero-order chi connectivity index (χ0) is 11.2. The smallest absolute Gasteiger partial charge is 0.125 e. The molecule has 0 radical (unpaired) electrons. The Morgan fingerprint density at radius 3 is 3.00 bits per heavy atom. The Morgan fingerprint density at radius 2 is 2.00 bits per heavy atom. The lowest BCUT2D eigenvalue weighted by atomic mass is 10.2. The van der Waals surface area contributed by atoms with Crippen molar-refractivity contribution in [1.29, 1.82) is 0 Å². The number of hydrogen-bond donors (Lipinski definition) is 0. The first-order chi connectivity index (χ1) is 8.42. The van der Waals surface area contributed by atoms with Crippen LogP contribution in [0.25, 0.3) is 31.3 Å². The number of aromatic nitrogens is 4. The Hall–Kier alpha value is -2.14. The summed E-state index contributed by atoms with van der Waals surface area (Å²) < 4.78 is 1.20. The van der Waals surface area contributed by atoms with Gasteiger partial charge >= 0.3 is 0 Å². The zero-order valence-corrected chi connectivity index (χ0v) is 9.48. The fraction of sp³-hybridized carbons (Fsp3) is 0. The van der Waals surface area contributed by atoms with Crippen molar-refractivity contribution in [2.75, 3.05) is 0 Å². The first-order valence-corrected chi connectivity index (χ1v) is 5.96. The van der Waals surface area contributed by atoms with Gasteiger partial charge in [0.05, 0.1) is 11.7 Å². The molecule has 0 saturated heterocycles. The number of pyridine rings is 2. The Labute approximate surface area is 100.0 Å². The SMILES string of the molecule is c1cc2sc3nc4cncnc4cc3c2cn1. The van der Waals surface area contributed by atoms with Crippen molar-refractivity contribution in [2.24, 2.45) is 0 Å². The van der Waals surface area contributed by atoms with Crippen LogP contribution in [0.5, 0.6) is 0 Å². The fourth-order valence-corrected chi connectivity index (χ4v) is 2.98. The molecule has 0 aliphatic heterocycles. The minimum Gasteiger partial charge on any atom is -0.264 e. The van der Waals surface area contributed by atoms with Gasteiger partial charge in [0.2, 0.25) is 0 Å². The van der Waals surface area contributed by atoms with Crippen molar-refractivity contribution in [3.05, 3.63) is 37.1 Å². The lowest BCUT2D eigenvalue weighted by Gasteiger charge is -1.95. The van der Waals surface area contributed by atoms with Crippen molar-refractivity contribution in [3.8, 4) is 0 Å². The number of thiophene rings is 1. The van der Waals surface area contributed by atoms with Gasteiger partial charge in [0, 0.05) is 27.9 Å². The standard InChI is InChI=1S/C12H6N4S/c1-2-13-4-8-7-3-9-10(5-14-6-15-9)16-12(7)17-11(1)8/h1-6H. The lowest BCUT2D eigenvalue weighted by Crippen LogP contribution is -1.83. The van der Waals surface area contributed by atoms with E-state index in [0.717, 1.165) is 26.6 Å². The van der Waals surface area contributed by atoms with E-state index in [1.807, 2.05) is 12.3 Å².